The predicted octanol–water partition coefficient (Wildman–Crippen LogP) is 3.59. The number of ether oxygens (including phenoxy) is 1. The molecule has 0 saturated carbocycles. The van der Waals surface area contributed by atoms with Crippen molar-refractivity contribution in [2.45, 2.75) is 52.7 Å². The van der Waals surface area contributed by atoms with Crippen molar-refractivity contribution >= 4 is 6.29 Å². The van der Waals surface area contributed by atoms with E-state index < -0.39 is 0 Å². The molecule has 4 atom stereocenters. The van der Waals surface area contributed by atoms with Crippen molar-refractivity contribution in [2.24, 2.45) is 28.8 Å². The third kappa shape index (κ3) is 4.51. The van der Waals surface area contributed by atoms with Gasteiger partial charge in [0.2, 0.25) is 0 Å². The van der Waals surface area contributed by atoms with Gasteiger partial charge >= 0.3 is 0 Å². The largest absolute Gasteiger partial charge is 0.377 e. The molecule has 1 fully saturated rings. The lowest BCUT2D eigenvalue weighted by Crippen LogP contribution is -2.28. The summed E-state index contributed by atoms with van der Waals surface area (Å²) in [6, 6.07) is -0.230. The molecule has 0 aliphatic carbocycles. The highest BCUT2D eigenvalue weighted by Gasteiger charge is 2.34. The minimum Gasteiger partial charge on any atom is -0.377 e. The van der Waals surface area contributed by atoms with Crippen LogP contribution in [0.25, 0.3) is 10.4 Å². The van der Waals surface area contributed by atoms with Crippen LogP contribution in [0.3, 0.4) is 0 Å². The zero-order chi connectivity index (χ0) is 14.4. The lowest BCUT2D eigenvalue weighted by atomic mass is 9.86. The highest BCUT2D eigenvalue weighted by Crippen LogP contribution is 2.31. The number of carbonyl (C=O) groups excluding carboxylic acids is 1. The summed E-state index contributed by atoms with van der Waals surface area (Å²) in [5.74, 6) is 1.28. The molecule has 5 heteroatoms. The molecule has 0 aromatic carbocycles. The van der Waals surface area contributed by atoms with Crippen molar-refractivity contribution in [2.75, 3.05) is 6.61 Å². The molecule has 1 aliphatic rings. The van der Waals surface area contributed by atoms with E-state index in [-0.39, 0.29) is 24.0 Å². The van der Waals surface area contributed by atoms with Crippen LogP contribution in [-0.4, -0.2) is 25.0 Å². The summed E-state index contributed by atoms with van der Waals surface area (Å²) in [5.41, 5.74) is 8.71. The van der Waals surface area contributed by atoms with Gasteiger partial charge in [0, 0.05) is 10.8 Å². The van der Waals surface area contributed by atoms with Crippen molar-refractivity contribution in [3.63, 3.8) is 0 Å². The quantitative estimate of drug-likeness (QED) is 0.306. The predicted molar refractivity (Wildman–Crippen MR) is 74.6 cm³/mol. The minimum absolute atomic E-state index is 0.0375. The Labute approximate surface area is 115 Å². The third-order valence-electron chi connectivity index (χ3n) is 4.18. The van der Waals surface area contributed by atoms with Crippen LogP contribution in [0.4, 0.5) is 0 Å². The Kier molecular flexibility index (Phi) is 6.32. The SMILES string of the molecule is CC(C)[C@H]1CO[C@H]([C@H](C[C@H](C=O)C(C)C)N=[N+]=[N-])C1. The highest BCUT2D eigenvalue weighted by atomic mass is 16.5. The van der Waals surface area contributed by atoms with Gasteiger partial charge in [0.25, 0.3) is 0 Å². The maximum absolute atomic E-state index is 11.1. The molecule has 0 unspecified atom stereocenters. The summed E-state index contributed by atoms with van der Waals surface area (Å²) < 4.78 is 5.79. The van der Waals surface area contributed by atoms with Crippen LogP contribution in [0.15, 0.2) is 5.11 Å². The fourth-order valence-corrected chi connectivity index (χ4v) is 2.52. The van der Waals surface area contributed by atoms with Crippen LogP contribution in [0.2, 0.25) is 0 Å². The van der Waals surface area contributed by atoms with Gasteiger partial charge in [-0.25, -0.2) is 0 Å². The maximum atomic E-state index is 11.1. The van der Waals surface area contributed by atoms with Crippen LogP contribution in [0.5, 0.6) is 0 Å². The van der Waals surface area contributed by atoms with Gasteiger partial charge in [0.15, 0.2) is 0 Å². The molecular formula is C14H25N3O2. The number of azide groups is 1. The molecule has 1 saturated heterocycles. The van der Waals surface area contributed by atoms with Crippen molar-refractivity contribution in [1.82, 2.24) is 0 Å². The second kappa shape index (κ2) is 7.51. The Hall–Kier alpha value is -1.06. The Morgan fingerprint density at radius 3 is 2.53 bits per heavy atom. The average molecular weight is 267 g/mol. The fraction of sp³-hybridized carbons (Fsp3) is 0.929. The van der Waals surface area contributed by atoms with E-state index >= 15 is 0 Å². The molecule has 0 radical (unpaired) electrons. The van der Waals surface area contributed by atoms with Gasteiger partial charge < -0.3 is 9.53 Å². The monoisotopic (exact) mass is 267 g/mol. The van der Waals surface area contributed by atoms with Crippen LogP contribution in [-0.2, 0) is 9.53 Å². The Balaban J connectivity index is 2.68. The minimum atomic E-state index is -0.230. The topological polar surface area (TPSA) is 75.1 Å². The first-order valence-electron chi connectivity index (χ1n) is 7.10. The first-order chi connectivity index (χ1) is 8.99. The molecule has 0 bridgehead atoms. The van der Waals surface area contributed by atoms with E-state index in [9.17, 15) is 4.79 Å². The first-order valence-corrected chi connectivity index (χ1v) is 7.10. The van der Waals surface area contributed by atoms with Crippen LogP contribution in [0.1, 0.15) is 40.5 Å². The summed E-state index contributed by atoms with van der Waals surface area (Å²) >= 11 is 0. The average Bonchev–Trinajstić information content (AvgIpc) is 2.83. The van der Waals surface area contributed by atoms with Gasteiger partial charge in [0.05, 0.1) is 18.8 Å². The van der Waals surface area contributed by atoms with Gasteiger partial charge in [-0.2, -0.15) is 0 Å². The number of aldehydes is 1. The molecule has 0 N–H and O–H groups in total. The first kappa shape index (κ1) is 16.0. The molecule has 0 amide bonds. The molecule has 19 heavy (non-hydrogen) atoms. The standard InChI is InChI=1S/C14H25N3O2/c1-9(2)11(7-18)5-13(16-17-15)14-6-12(8-19-14)10(3)4/h7,9-14H,5-6,8H2,1-4H3/t11-,12-,13+,14+/m1/s1. The van der Waals surface area contributed by atoms with Gasteiger partial charge in [-0.3, -0.25) is 0 Å². The van der Waals surface area contributed by atoms with E-state index in [1.165, 1.54) is 0 Å². The second-order valence-electron chi connectivity index (χ2n) is 6.16. The van der Waals surface area contributed by atoms with Crippen molar-refractivity contribution < 1.29 is 9.53 Å². The lowest BCUT2D eigenvalue weighted by Gasteiger charge is -2.23. The third-order valence-corrected chi connectivity index (χ3v) is 4.18. The zero-order valence-corrected chi connectivity index (χ0v) is 12.3. The van der Waals surface area contributed by atoms with Crippen LogP contribution in [0, 0.1) is 23.7 Å². The number of rotatable bonds is 7. The van der Waals surface area contributed by atoms with Crippen molar-refractivity contribution in [1.29, 1.82) is 0 Å². The summed E-state index contributed by atoms with van der Waals surface area (Å²) in [6.07, 6.45) is 2.44. The number of carbonyl (C=O) groups is 1. The maximum Gasteiger partial charge on any atom is 0.123 e. The molecule has 5 nitrogen and oxygen atoms in total. The van der Waals surface area contributed by atoms with Crippen LogP contribution >= 0.6 is 0 Å². The van der Waals surface area contributed by atoms with E-state index in [0.29, 0.717) is 18.3 Å². The molecule has 1 heterocycles. The highest BCUT2D eigenvalue weighted by molar-refractivity contribution is 5.54. The molecule has 0 aromatic rings. The van der Waals surface area contributed by atoms with Gasteiger partial charge in [0.1, 0.15) is 6.29 Å². The Bertz CT molecular complexity index is 338. The summed E-state index contributed by atoms with van der Waals surface area (Å²) in [5, 5.41) is 3.87. The number of hydrogen-bond donors (Lipinski definition) is 0. The fourth-order valence-electron chi connectivity index (χ4n) is 2.52. The van der Waals surface area contributed by atoms with E-state index in [4.69, 9.17) is 10.3 Å². The Morgan fingerprint density at radius 2 is 2.11 bits per heavy atom. The van der Waals surface area contributed by atoms with Gasteiger partial charge in [-0.15, -0.1) is 0 Å². The van der Waals surface area contributed by atoms with Crippen LogP contribution < -0.4 is 0 Å². The zero-order valence-electron chi connectivity index (χ0n) is 12.3. The molecule has 0 spiro atoms. The van der Waals surface area contributed by atoms with Crippen molar-refractivity contribution in [3.05, 3.63) is 10.4 Å². The van der Waals surface area contributed by atoms with E-state index in [2.05, 4.69) is 23.9 Å². The molecule has 0 aromatic heterocycles. The number of hydrogen-bond acceptors (Lipinski definition) is 3. The lowest BCUT2D eigenvalue weighted by molar-refractivity contribution is -0.112. The van der Waals surface area contributed by atoms with Gasteiger partial charge in [-0.05, 0) is 36.1 Å². The van der Waals surface area contributed by atoms with E-state index in [1.807, 2.05) is 13.8 Å². The molecule has 1 aliphatic heterocycles. The van der Waals surface area contributed by atoms with Gasteiger partial charge in [-0.1, -0.05) is 32.8 Å². The van der Waals surface area contributed by atoms with E-state index in [1.54, 1.807) is 0 Å². The molecular weight excluding hydrogens is 242 g/mol. The second-order valence-corrected chi connectivity index (χ2v) is 6.16. The van der Waals surface area contributed by atoms with E-state index in [0.717, 1.165) is 19.3 Å². The van der Waals surface area contributed by atoms with Crippen molar-refractivity contribution in [3.8, 4) is 0 Å². The molecule has 108 valence electrons. The summed E-state index contributed by atoms with van der Waals surface area (Å²) in [4.78, 5) is 14.0. The smallest absolute Gasteiger partial charge is 0.123 e. The number of nitrogens with zero attached hydrogens (tertiary/aromatic N) is 3. The Morgan fingerprint density at radius 1 is 1.42 bits per heavy atom. The summed E-state index contributed by atoms with van der Waals surface area (Å²) in [7, 11) is 0. The summed E-state index contributed by atoms with van der Waals surface area (Å²) in [6.45, 7) is 9.12. The normalized spacial score (nSPS) is 26.2. The molecule has 1 rings (SSSR count).